The quantitative estimate of drug-likeness (QED) is 0.425. The highest BCUT2D eigenvalue weighted by atomic mass is 16.5. The molecule has 1 fully saturated rings. The van der Waals surface area contributed by atoms with Crippen molar-refractivity contribution in [1.82, 2.24) is 5.32 Å². The molecule has 2 aromatic carbocycles. The van der Waals surface area contributed by atoms with Gasteiger partial charge in [-0.2, -0.15) is 5.26 Å². The number of nitrogens with one attached hydrogen (secondary N) is 2. The minimum atomic E-state index is -0.509. The molecule has 0 radical (unpaired) electrons. The van der Waals surface area contributed by atoms with Crippen LogP contribution in [0.15, 0.2) is 54.1 Å². The number of ether oxygens (including phenoxy) is 3. The molecule has 0 spiro atoms. The molecule has 2 amide bonds. The summed E-state index contributed by atoms with van der Waals surface area (Å²) < 4.78 is 16.3. The van der Waals surface area contributed by atoms with Gasteiger partial charge in [-0.3, -0.25) is 9.59 Å². The van der Waals surface area contributed by atoms with Gasteiger partial charge in [0.25, 0.3) is 11.8 Å². The number of carbonyl (C=O) groups excluding carboxylic acids is 2. The first-order valence-corrected chi connectivity index (χ1v) is 10.8. The summed E-state index contributed by atoms with van der Waals surface area (Å²) in [6.45, 7) is 3.58. The Bertz CT molecular complexity index is 1000. The fourth-order valence-electron chi connectivity index (χ4n) is 3.21. The Morgan fingerprint density at radius 3 is 2.45 bits per heavy atom. The van der Waals surface area contributed by atoms with E-state index in [1.807, 2.05) is 13.0 Å². The first-order chi connectivity index (χ1) is 16.1. The molecule has 1 atom stereocenters. The highest BCUT2D eigenvalue weighted by Gasteiger charge is 2.16. The minimum Gasteiger partial charge on any atom is -0.494 e. The number of benzene rings is 2. The zero-order chi connectivity index (χ0) is 23.5. The summed E-state index contributed by atoms with van der Waals surface area (Å²) in [5, 5.41) is 14.9. The van der Waals surface area contributed by atoms with Gasteiger partial charge >= 0.3 is 0 Å². The van der Waals surface area contributed by atoms with Crippen LogP contribution in [0, 0.1) is 11.3 Å². The second-order valence-corrected chi connectivity index (χ2v) is 7.38. The second kappa shape index (κ2) is 12.3. The number of hydrogen-bond donors (Lipinski definition) is 2. The monoisotopic (exact) mass is 449 g/mol. The molecule has 1 heterocycles. The third-order valence-corrected chi connectivity index (χ3v) is 4.90. The molecule has 8 nitrogen and oxygen atoms in total. The first kappa shape index (κ1) is 23.8. The molecular weight excluding hydrogens is 422 g/mol. The summed E-state index contributed by atoms with van der Waals surface area (Å²) in [7, 11) is 0. The van der Waals surface area contributed by atoms with Crippen LogP contribution in [0.25, 0.3) is 6.08 Å². The zero-order valence-corrected chi connectivity index (χ0v) is 18.5. The summed E-state index contributed by atoms with van der Waals surface area (Å²) in [6, 6.07) is 15.6. The maximum Gasteiger partial charge on any atom is 0.266 e. The van der Waals surface area contributed by atoms with Crippen molar-refractivity contribution in [3.05, 3.63) is 59.7 Å². The summed E-state index contributed by atoms with van der Waals surface area (Å²) in [5.41, 5.74) is 1.18. The summed E-state index contributed by atoms with van der Waals surface area (Å²) in [6.07, 6.45) is 3.55. The Balaban J connectivity index is 1.50. The number of rotatable bonds is 10. The van der Waals surface area contributed by atoms with Crippen LogP contribution in [0.2, 0.25) is 0 Å². The molecule has 2 aromatic rings. The van der Waals surface area contributed by atoms with Crippen molar-refractivity contribution < 1.29 is 23.8 Å². The summed E-state index contributed by atoms with van der Waals surface area (Å²) >= 11 is 0. The van der Waals surface area contributed by atoms with E-state index in [9.17, 15) is 14.9 Å². The maximum absolute atomic E-state index is 12.4. The van der Waals surface area contributed by atoms with Crippen molar-refractivity contribution in [2.45, 2.75) is 25.9 Å². The van der Waals surface area contributed by atoms with Crippen molar-refractivity contribution in [3.63, 3.8) is 0 Å². The standard InChI is InChI=1S/C25H27N3O5/c1-2-31-21-11-7-20(8-12-21)28-25(30)19(15-26)14-18-5-9-22(10-6-18)33-17-24(29)27-16-23-4-3-13-32-23/h5-12,14,23H,2-4,13,16-17H2,1H3,(H,27,29)(H,28,30)/b19-14+/t23-/m0/s1. The number of hydrogen-bond acceptors (Lipinski definition) is 6. The number of amides is 2. The zero-order valence-electron chi connectivity index (χ0n) is 18.5. The fourth-order valence-corrected chi connectivity index (χ4v) is 3.21. The molecule has 33 heavy (non-hydrogen) atoms. The van der Waals surface area contributed by atoms with Crippen molar-refractivity contribution >= 4 is 23.6 Å². The molecule has 2 N–H and O–H groups in total. The van der Waals surface area contributed by atoms with Crippen LogP contribution in [-0.2, 0) is 14.3 Å². The van der Waals surface area contributed by atoms with Crippen LogP contribution >= 0.6 is 0 Å². The van der Waals surface area contributed by atoms with E-state index in [0.29, 0.717) is 35.9 Å². The van der Waals surface area contributed by atoms with Gasteiger partial charge in [0.15, 0.2) is 6.61 Å². The van der Waals surface area contributed by atoms with Gasteiger partial charge in [-0.25, -0.2) is 0 Å². The lowest BCUT2D eigenvalue weighted by Gasteiger charge is -2.11. The summed E-state index contributed by atoms with van der Waals surface area (Å²) in [4.78, 5) is 24.4. The van der Waals surface area contributed by atoms with E-state index in [-0.39, 0.29) is 24.2 Å². The minimum absolute atomic E-state index is 0.0361. The van der Waals surface area contributed by atoms with E-state index in [4.69, 9.17) is 14.2 Å². The Hall–Kier alpha value is -3.83. The van der Waals surface area contributed by atoms with Crippen LogP contribution < -0.4 is 20.1 Å². The molecule has 0 bridgehead atoms. The largest absolute Gasteiger partial charge is 0.494 e. The van der Waals surface area contributed by atoms with E-state index in [1.165, 1.54) is 6.08 Å². The van der Waals surface area contributed by atoms with Crippen molar-refractivity contribution in [1.29, 1.82) is 5.26 Å². The van der Waals surface area contributed by atoms with E-state index < -0.39 is 5.91 Å². The van der Waals surface area contributed by atoms with E-state index in [1.54, 1.807) is 48.5 Å². The van der Waals surface area contributed by atoms with Gasteiger partial charge in [0.2, 0.25) is 0 Å². The van der Waals surface area contributed by atoms with Gasteiger partial charge in [0, 0.05) is 18.8 Å². The van der Waals surface area contributed by atoms with Gasteiger partial charge in [0.1, 0.15) is 23.1 Å². The van der Waals surface area contributed by atoms with Crippen LogP contribution in [0.4, 0.5) is 5.69 Å². The smallest absolute Gasteiger partial charge is 0.266 e. The molecule has 0 aliphatic carbocycles. The van der Waals surface area contributed by atoms with Gasteiger partial charge in [0.05, 0.1) is 12.7 Å². The van der Waals surface area contributed by atoms with Gasteiger partial charge in [-0.1, -0.05) is 12.1 Å². The Labute approximate surface area is 193 Å². The normalized spacial score (nSPS) is 15.4. The third kappa shape index (κ3) is 7.66. The molecule has 172 valence electrons. The molecule has 0 aromatic heterocycles. The van der Waals surface area contributed by atoms with Crippen LogP contribution in [0.1, 0.15) is 25.3 Å². The predicted octanol–water partition coefficient (Wildman–Crippen LogP) is 3.30. The van der Waals surface area contributed by atoms with Gasteiger partial charge < -0.3 is 24.8 Å². The maximum atomic E-state index is 12.4. The molecule has 3 rings (SSSR count). The molecule has 1 aliphatic rings. The third-order valence-electron chi connectivity index (χ3n) is 4.90. The lowest BCUT2D eigenvalue weighted by Crippen LogP contribution is -2.35. The SMILES string of the molecule is CCOc1ccc(NC(=O)/C(C#N)=C/c2ccc(OCC(=O)NC[C@@H]3CCCO3)cc2)cc1. The summed E-state index contributed by atoms with van der Waals surface area (Å²) in [5.74, 6) is 0.489. The van der Waals surface area contributed by atoms with Crippen molar-refractivity contribution in [2.75, 3.05) is 31.7 Å². The van der Waals surface area contributed by atoms with Crippen molar-refractivity contribution in [2.24, 2.45) is 0 Å². The van der Waals surface area contributed by atoms with E-state index in [2.05, 4.69) is 10.6 Å². The lowest BCUT2D eigenvalue weighted by molar-refractivity contribution is -0.123. The van der Waals surface area contributed by atoms with E-state index in [0.717, 1.165) is 19.4 Å². The first-order valence-electron chi connectivity index (χ1n) is 10.8. The van der Waals surface area contributed by atoms with Crippen LogP contribution in [0.5, 0.6) is 11.5 Å². The van der Waals surface area contributed by atoms with E-state index >= 15 is 0 Å². The van der Waals surface area contributed by atoms with Gasteiger partial charge in [-0.15, -0.1) is 0 Å². The lowest BCUT2D eigenvalue weighted by atomic mass is 10.1. The van der Waals surface area contributed by atoms with Crippen LogP contribution in [0.3, 0.4) is 0 Å². The number of nitrogens with zero attached hydrogens (tertiary/aromatic N) is 1. The molecule has 0 unspecified atom stereocenters. The highest BCUT2D eigenvalue weighted by Crippen LogP contribution is 2.18. The number of carbonyl (C=O) groups is 2. The predicted molar refractivity (Wildman–Crippen MR) is 124 cm³/mol. The fraction of sp³-hybridized carbons (Fsp3) is 0.320. The molecule has 1 aliphatic heterocycles. The number of anilines is 1. The van der Waals surface area contributed by atoms with Gasteiger partial charge in [-0.05, 0) is 67.8 Å². The molecule has 0 saturated carbocycles. The second-order valence-electron chi connectivity index (χ2n) is 7.38. The van der Waals surface area contributed by atoms with Crippen molar-refractivity contribution in [3.8, 4) is 17.6 Å². The molecular formula is C25H27N3O5. The molecule has 1 saturated heterocycles. The Morgan fingerprint density at radius 2 is 1.82 bits per heavy atom. The van der Waals surface area contributed by atoms with Crippen LogP contribution in [-0.4, -0.2) is 44.3 Å². The Morgan fingerprint density at radius 1 is 1.12 bits per heavy atom. The molecule has 8 heteroatoms. The average molecular weight is 450 g/mol. The number of nitriles is 1. The average Bonchev–Trinajstić information content (AvgIpc) is 3.36. The highest BCUT2D eigenvalue weighted by molar-refractivity contribution is 6.09. The Kier molecular flexibility index (Phi) is 8.86. The topological polar surface area (TPSA) is 110 Å².